The number of carbonyl (C=O) groups excluding carboxylic acids is 2. The van der Waals surface area contributed by atoms with Crippen molar-refractivity contribution in [3.63, 3.8) is 0 Å². The molecule has 134 valence electrons. The van der Waals surface area contributed by atoms with Crippen LogP contribution in [-0.4, -0.2) is 24.0 Å². The van der Waals surface area contributed by atoms with E-state index < -0.39 is 11.9 Å². The van der Waals surface area contributed by atoms with Crippen LogP contribution >= 0.6 is 0 Å². The highest BCUT2D eigenvalue weighted by molar-refractivity contribution is 5.95. The minimum absolute atomic E-state index is 0.179. The molecular weight excluding hydrogens is 320 g/mol. The van der Waals surface area contributed by atoms with Gasteiger partial charge in [-0.15, -0.1) is 0 Å². The number of furan rings is 1. The number of benzene rings is 1. The molecule has 6 nitrogen and oxygen atoms in total. The highest BCUT2D eigenvalue weighted by Crippen LogP contribution is 2.07. The first-order valence-corrected chi connectivity index (χ1v) is 8.27. The Morgan fingerprint density at radius 1 is 1.08 bits per heavy atom. The molecule has 0 unspecified atom stereocenters. The predicted molar refractivity (Wildman–Crippen MR) is 93.8 cm³/mol. The lowest BCUT2D eigenvalue weighted by Crippen LogP contribution is -2.44. The Hall–Kier alpha value is -2.60. The summed E-state index contributed by atoms with van der Waals surface area (Å²) >= 11 is 0. The molecule has 0 bridgehead atoms. The van der Waals surface area contributed by atoms with Gasteiger partial charge in [-0.2, -0.15) is 0 Å². The Kier molecular flexibility index (Phi) is 6.77. The van der Waals surface area contributed by atoms with Crippen molar-refractivity contribution in [2.75, 3.05) is 0 Å². The molecule has 2 aromatic rings. The summed E-state index contributed by atoms with van der Waals surface area (Å²) in [5, 5.41) is 5.40. The van der Waals surface area contributed by atoms with Crippen LogP contribution in [0.1, 0.15) is 42.5 Å². The Labute approximate surface area is 147 Å². The van der Waals surface area contributed by atoms with Gasteiger partial charge in [0.1, 0.15) is 6.04 Å². The summed E-state index contributed by atoms with van der Waals surface area (Å²) in [5.41, 5.74) is 2.06. The van der Waals surface area contributed by atoms with E-state index in [4.69, 9.17) is 9.15 Å². The summed E-state index contributed by atoms with van der Waals surface area (Å²) in [6.45, 7) is 6.58. The number of carbonyl (C=O) groups is 2. The zero-order chi connectivity index (χ0) is 18.2. The Morgan fingerprint density at radius 2 is 1.76 bits per heavy atom. The molecule has 0 spiro atoms. The van der Waals surface area contributed by atoms with Crippen LogP contribution in [0.3, 0.4) is 0 Å². The molecule has 1 aromatic carbocycles. The molecule has 0 fully saturated rings. The SMILES string of the molecule is CC(C)OCc1ccc(CNC(=O)[C@H](C)NC(=O)c2ccco2)cc1. The largest absolute Gasteiger partial charge is 0.459 e. The molecule has 2 amide bonds. The first-order chi connectivity index (χ1) is 12.0. The van der Waals surface area contributed by atoms with Crippen LogP contribution in [0.5, 0.6) is 0 Å². The van der Waals surface area contributed by atoms with Crippen molar-refractivity contribution in [3.8, 4) is 0 Å². The predicted octanol–water partition coefficient (Wildman–Crippen LogP) is 2.64. The van der Waals surface area contributed by atoms with E-state index in [-0.39, 0.29) is 17.8 Å². The van der Waals surface area contributed by atoms with Gasteiger partial charge >= 0.3 is 0 Å². The van der Waals surface area contributed by atoms with Crippen LogP contribution in [0, 0.1) is 0 Å². The molecule has 0 aliphatic carbocycles. The second kappa shape index (κ2) is 9.03. The van der Waals surface area contributed by atoms with Crippen LogP contribution in [0.15, 0.2) is 47.1 Å². The van der Waals surface area contributed by atoms with Crippen molar-refractivity contribution in [3.05, 3.63) is 59.5 Å². The van der Waals surface area contributed by atoms with Crippen molar-refractivity contribution in [2.24, 2.45) is 0 Å². The van der Waals surface area contributed by atoms with E-state index in [2.05, 4.69) is 10.6 Å². The fourth-order valence-corrected chi connectivity index (χ4v) is 2.10. The molecule has 6 heteroatoms. The van der Waals surface area contributed by atoms with Crippen LogP contribution in [-0.2, 0) is 22.7 Å². The lowest BCUT2D eigenvalue weighted by atomic mass is 10.1. The van der Waals surface area contributed by atoms with Crippen molar-refractivity contribution >= 4 is 11.8 Å². The molecule has 0 aliphatic heterocycles. The maximum absolute atomic E-state index is 12.1. The van der Waals surface area contributed by atoms with Crippen LogP contribution in [0.2, 0.25) is 0 Å². The van der Waals surface area contributed by atoms with Gasteiger partial charge in [0.2, 0.25) is 5.91 Å². The number of hydrogen-bond acceptors (Lipinski definition) is 4. The first-order valence-electron chi connectivity index (χ1n) is 8.27. The summed E-state index contributed by atoms with van der Waals surface area (Å²) in [6, 6.07) is 10.4. The van der Waals surface area contributed by atoms with Crippen LogP contribution in [0.25, 0.3) is 0 Å². The van der Waals surface area contributed by atoms with Crippen LogP contribution in [0.4, 0.5) is 0 Å². The number of amides is 2. The van der Waals surface area contributed by atoms with Gasteiger partial charge in [-0.3, -0.25) is 9.59 Å². The second-order valence-electron chi connectivity index (χ2n) is 6.07. The van der Waals surface area contributed by atoms with Crippen molar-refractivity contribution in [1.82, 2.24) is 10.6 Å². The monoisotopic (exact) mass is 344 g/mol. The highest BCUT2D eigenvalue weighted by atomic mass is 16.5. The molecule has 0 saturated heterocycles. The van der Waals surface area contributed by atoms with E-state index in [1.165, 1.54) is 6.26 Å². The lowest BCUT2D eigenvalue weighted by molar-refractivity contribution is -0.122. The number of nitrogens with one attached hydrogen (secondary N) is 2. The second-order valence-corrected chi connectivity index (χ2v) is 6.07. The van der Waals surface area contributed by atoms with Gasteiger partial charge in [0.25, 0.3) is 5.91 Å². The molecule has 1 heterocycles. The average molecular weight is 344 g/mol. The first kappa shape index (κ1) is 18.7. The molecule has 25 heavy (non-hydrogen) atoms. The zero-order valence-corrected chi connectivity index (χ0v) is 14.7. The maximum atomic E-state index is 12.1. The number of rotatable bonds is 8. The fraction of sp³-hybridized carbons (Fsp3) is 0.368. The summed E-state index contributed by atoms with van der Waals surface area (Å²) in [5.74, 6) is -0.492. The topological polar surface area (TPSA) is 80.6 Å². The lowest BCUT2D eigenvalue weighted by Gasteiger charge is -2.13. The van der Waals surface area contributed by atoms with Gasteiger partial charge in [-0.05, 0) is 44.0 Å². The van der Waals surface area contributed by atoms with Gasteiger partial charge in [-0.1, -0.05) is 24.3 Å². The molecular formula is C19H24N2O4. The summed E-state index contributed by atoms with van der Waals surface area (Å²) in [7, 11) is 0. The molecule has 2 rings (SSSR count). The molecule has 0 radical (unpaired) electrons. The maximum Gasteiger partial charge on any atom is 0.287 e. The molecule has 1 aromatic heterocycles. The van der Waals surface area contributed by atoms with Crippen LogP contribution < -0.4 is 10.6 Å². The normalized spacial score (nSPS) is 12.0. The van der Waals surface area contributed by atoms with Gasteiger partial charge in [-0.25, -0.2) is 0 Å². The zero-order valence-electron chi connectivity index (χ0n) is 14.7. The molecule has 1 atom stereocenters. The Bertz CT molecular complexity index is 678. The highest BCUT2D eigenvalue weighted by Gasteiger charge is 2.17. The molecule has 0 aliphatic rings. The smallest absolute Gasteiger partial charge is 0.287 e. The summed E-state index contributed by atoms with van der Waals surface area (Å²) < 4.78 is 10.5. The Morgan fingerprint density at radius 3 is 2.36 bits per heavy atom. The van der Waals surface area contributed by atoms with E-state index in [0.717, 1.165) is 11.1 Å². The Balaban J connectivity index is 1.78. The third kappa shape index (κ3) is 6.08. The third-order valence-electron chi connectivity index (χ3n) is 3.56. The average Bonchev–Trinajstić information content (AvgIpc) is 3.13. The van der Waals surface area contributed by atoms with Crippen molar-refractivity contribution in [1.29, 1.82) is 0 Å². The third-order valence-corrected chi connectivity index (χ3v) is 3.56. The van der Waals surface area contributed by atoms with E-state index in [0.29, 0.717) is 13.2 Å². The minimum Gasteiger partial charge on any atom is -0.459 e. The quantitative estimate of drug-likeness (QED) is 0.771. The fourth-order valence-electron chi connectivity index (χ4n) is 2.10. The summed E-state index contributed by atoms with van der Waals surface area (Å²) in [4.78, 5) is 23.9. The minimum atomic E-state index is -0.656. The molecule has 0 saturated carbocycles. The van der Waals surface area contributed by atoms with E-state index in [1.807, 2.05) is 38.1 Å². The molecule has 2 N–H and O–H groups in total. The van der Waals surface area contributed by atoms with Crippen molar-refractivity contribution < 1.29 is 18.7 Å². The standard InChI is InChI=1S/C19H24N2O4/c1-13(2)25-12-16-8-6-15(7-9-16)11-20-18(22)14(3)21-19(23)17-5-4-10-24-17/h4-10,13-14H,11-12H2,1-3H3,(H,20,22)(H,21,23)/t14-/m0/s1. The van der Waals surface area contributed by atoms with Gasteiger partial charge in [0, 0.05) is 6.54 Å². The van der Waals surface area contributed by atoms with Gasteiger partial charge in [0.15, 0.2) is 5.76 Å². The van der Waals surface area contributed by atoms with E-state index in [1.54, 1.807) is 19.1 Å². The van der Waals surface area contributed by atoms with Gasteiger partial charge in [0.05, 0.1) is 19.0 Å². The van der Waals surface area contributed by atoms with E-state index in [9.17, 15) is 9.59 Å². The number of ether oxygens (including phenoxy) is 1. The van der Waals surface area contributed by atoms with E-state index >= 15 is 0 Å². The van der Waals surface area contributed by atoms with Gasteiger partial charge < -0.3 is 19.8 Å². The number of hydrogen-bond donors (Lipinski definition) is 2. The summed E-state index contributed by atoms with van der Waals surface area (Å²) in [6.07, 6.45) is 1.60. The van der Waals surface area contributed by atoms with Crippen molar-refractivity contribution in [2.45, 2.75) is 46.1 Å².